The first-order valence-corrected chi connectivity index (χ1v) is 11.7. The molecule has 158 valence electrons. The summed E-state index contributed by atoms with van der Waals surface area (Å²) in [5, 5.41) is 9.99. The Morgan fingerprint density at radius 2 is 2.19 bits per heavy atom. The van der Waals surface area contributed by atoms with E-state index in [0.29, 0.717) is 18.0 Å². The second-order valence-electron chi connectivity index (χ2n) is 8.26. The highest BCUT2D eigenvalue weighted by molar-refractivity contribution is 7.13. The molecule has 1 N–H and O–H groups in total. The Hall–Kier alpha value is -2.90. The minimum Gasteiger partial charge on any atom is -0.314 e. The highest BCUT2D eigenvalue weighted by Crippen LogP contribution is 2.28. The van der Waals surface area contributed by atoms with Crippen LogP contribution in [0.5, 0.6) is 0 Å². The molecule has 0 radical (unpaired) electrons. The van der Waals surface area contributed by atoms with Crippen molar-refractivity contribution in [2.45, 2.75) is 38.6 Å². The van der Waals surface area contributed by atoms with Gasteiger partial charge in [0.2, 0.25) is 0 Å². The molecule has 0 bridgehead atoms. The summed E-state index contributed by atoms with van der Waals surface area (Å²) >= 11 is 1.65. The van der Waals surface area contributed by atoms with Crippen molar-refractivity contribution in [3.63, 3.8) is 0 Å². The highest BCUT2D eigenvalue weighted by atomic mass is 32.1. The van der Waals surface area contributed by atoms with E-state index < -0.39 is 0 Å². The van der Waals surface area contributed by atoms with E-state index in [1.807, 2.05) is 29.8 Å². The lowest BCUT2D eigenvalue weighted by Gasteiger charge is -2.13. The van der Waals surface area contributed by atoms with E-state index >= 15 is 0 Å². The molecule has 1 fully saturated rings. The lowest BCUT2D eigenvalue weighted by Crippen LogP contribution is -2.28. The fraction of sp³-hybridized carbons (Fsp3) is 0.333. The molecule has 0 aromatic carbocycles. The van der Waals surface area contributed by atoms with Crippen molar-refractivity contribution in [3.05, 3.63) is 59.9 Å². The number of thiophene rings is 1. The Balaban J connectivity index is 1.34. The summed E-state index contributed by atoms with van der Waals surface area (Å²) in [6.07, 6.45) is 9.41. The van der Waals surface area contributed by atoms with Gasteiger partial charge in [0, 0.05) is 30.4 Å². The molecule has 0 spiro atoms. The molecular weight excluding hydrogens is 406 g/mol. The Morgan fingerprint density at radius 3 is 3.00 bits per heavy atom. The van der Waals surface area contributed by atoms with Crippen LogP contribution in [0.4, 0.5) is 0 Å². The first-order chi connectivity index (χ1) is 15.2. The van der Waals surface area contributed by atoms with Crippen LogP contribution in [0.25, 0.3) is 27.5 Å². The standard InChI is InChI=1S/C24H25N5OS/c1-16(26-14-17-5-6-17)4-7-22(30)18-8-10-25-21(13-18)19-15-27-29-11-9-20(28-24(19)29)23-3-2-12-31-23/h2-3,8-13,15-17,26H,4-7,14H2,1H3/t16-/m0/s1. The van der Waals surface area contributed by atoms with Crippen molar-refractivity contribution in [1.29, 1.82) is 0 Å². The number of fused-ring (bicyclic) bond motifs is 1. The number of pyridine rings is 1. The third-order valence-corrected chi connectivity index (χ3v) is 6.65. The van der Waals surface area contributed by atoms with Crippen molar-refractivity contribution in [2.75, 3.05) is 6.54 Å². The van der Waals surface area contributed by atoms with Gasteiger partial charge in [0.05, 0.1) is 28.0 Å². The van der Waals surface area contributed by atoms with Crippen LogP contribution in [0.2, 0.25) is 0 Å². The minimum atomic E-state index is 0.146. The van der Waals surface area contributed by atoms with Crippen LogP contribution in [-0.2, 0) is 0 Å². The van der Waals surface area contributed by atoms with Gasteiger partial charge in [-0.1, -0.05) is 6.07 Å². The molecule has 0 unspecified atom stereocenters. The molecule has 0 saturated heterocycles. The summed E-state index contributed by atoms with van der Waals surface area (Å²) in [6, 6.07) is 10.0. The van der Waals surface area contributed by atoms with Gasteiger partial charge in [-0.3, -0.25) is 9.78 Å². The summed E-state index contributed by atoms with van der Waals surface area (Å²) in [5.41, 5.74) is 3.88. The third-order valence-electron chi connectivity index (χ3n) is 5.76. The fourth-order valence-corrected chi connectivity index (χ4v) is 4.34. The lowest BCUT2D eigenvalue weighted by molar-refractivity contribution is 0.0976. The summed E-state index contributed by atoms with van der Waals surface area (Å²) in [5.74, 6) is 0.994. The number of carbonyl (C=O) groups excluding carboxylic acids is 1. The molecule has 1 aliphatic rings. The molecule has 4 heterocycles. The second-order valence-corrected chi connectivity index (χ2v) is 9.21. The number of Topliss-reactive ketones (excluding diaryl/α,β-unsaturated/α-hetero) is 1. The minimum absolute atomic E-state index is 0.146. The highest BCUT2D eigenvalue weighted by Gasteiger charge is 2.21. The van der Waals surface area contributed by atoms with Gasteiger partial charge in [-0.25, -0.2) is 9.50 Å². The summed E-state index contributed by atoms with van der Waals surface area (Å²) in [7, 11) is 0. The quantitative estimate of drug-likeness (QED) is 0.383. The van der Waals surface area contributed by atoms with E-state index in [9.17, 15) is 4.79 Å². The third kappa shape index (κ3) is 4.57. The van der Waals surface area contributed by atoms with Gasteiger partial charge in [-0.2, -0.15) is 5.10 Å². The van der Waals surface area contributed by atoms with E-state index in [1.54, 1.807) is 34.3 Å². The molecule has 7 heteroatoms. The maximum atomic E-state index is 12.8. The van der Waals surface area contributed by atoms with Crippen molar-refractivity contribution < 1.29 is 4.79 Å². The van der Waals surface area contributed by atoms with Crippen LogP contribution < -0.4 is 5.32 Å². The number of nitrogens with one attached hydrogen (secondary N) is 1. The van der Waals surface area contributed by atoms with Crippen molar-refractivity contribution in [2.24, 2.45) is 5.92 Å². The van der Waals surface area contributed by atoms with Crippen LogP contribution in [0.15, 0.2) is 54.3 Å². The molecule has 31 heavy (non-hydrogen) atoms. The molecule has 6 nitrogen and oxygen atoms in total. The van der Waals surface area contributed by atoms with Crippen LogP contribution in [0.3, 0.4) is 0 Å². The summed E-state index contributed by atoms with van der Waals surface area (Å²) in [4.78, 5) is 23.2. The maximum Gasteiger partial charge on any atom is 0.165 e. The molecule has 1 atom stereocenters. The Kier molecular flexibility index (Phi) is 5.61. The average molecular weight is 432 g/mol. The number of aromatic nitrogens is 4. The number of ketones is 1. The molecule has 5 rings (SSSR count). The van der Waals surface area contributed by atoms with Crippen molar-refractivity contribution in [1.82, 2.24) is 24.9 Å². The predicted molar refractivity (Wildman–Crippen MR) is 123 cm³/mol. The topological polar surface area (TPSA) is 72.2 Å². The normalized spacial score (nSPS) is 14.7. The van der Waals surface area contributed by atoms with Gasteiger partial charge in [-0.15, -0.1) is 11.3 Å². The number of hydrogen-bond acceptors (Lipinski definition) is 6. The molecule has 1 saturated carbocycles. The predicted octanol–water partition coefficient (Wildman–Crippen LogP) is 4.87. The summed E-state index contributed by atoms with van der Waals surface area (Å²) in [6.45, 7) is 3.23. The van der Waals surface area contributed by atoms with Gasteiger partial charge in [0.1, 0.15) is 0 Å². The zero-order chi connectivity index (χ0) is 21.2. The fourth-order valence-electron chi connectivity index (χ4n) is 3.65. The van der Waals surface area contributed by atoms with Crippen LogP contribution >= 0.6 is 11.3 Å². The molecule has 0 aliphatic heterocycles. The first kappa shape index (κ1) is 20.0. The second kappa shape index (κ2) is 8.69. The lowest BCUT2D eigenvalue weighted by atomic mass is 10.0. The van der Waals surface area contributed by atoms with Crippen molar-refractivity contribution >= 4 is 22.8 Å². The zero-order valence-corrected chi connectivity index (χ0v) is 18.3. The largest absolute Gasteiger partial charge is 0.314 e. The number of nitrogens with zero attached hydrogens (tertiary/aromatic N) is 4. The smallest absolute Gasteiger partial charge is 0.165 e. The van der Waals surface area contributed by atoms with Gasteiger partial charge in [-0.05, 0) is 68.3 Å². The van der Waals surface area contributed by atoms with E-state index in [2.05, 4.69) is 28.4 Å². The SMILES string of the molecule is C[C@@H](CCC(=O)c1ccnc(-c2cnn3ccc(-c4cccs4)nc23)c1)NCC1CC1. The van der Waals surface area contributed by atoms with E-state index in [0.717, 1.165) is 46.4 Å². The van der Waals surface area contributed by atoms with E-state index in [4.69, 9.17) is 4.98 Å². The van der Waals surface area contributed by atoms with Crippen LogP contribution in [0, 0.1) is 5.92 Å². The Labute approximate surface area is 185 Å². The molecule has 4 aromatic rings. The first-order valence-electron chi connectivity index (χ1n) is 10.8. The number of rotatable bonds is 9. The summed E-state index contributed by atoms with van der Waals surface area (Å²) < 4.78 is 1.75. The molecule has 0 amide bonds. The Morgan fingerprint density at radius 1 is 1.29 bits per heavy atom. The van der Waals surface area contributed by atoms with Gasteiger partial charge >= 0.3 is 0 Å². The Bertz CT molecular complexity index is 1200. The van der Waals surface area contributed by atoms with Gasteiger partial charge in [0.15, 0.2) is 11.4 Å². The van der Waals surface area contributed by atoms with E-state index in [1.165, 1.54) is 12.8 Å². The van der Waals surface area contributed by atoms with Gasteiger partial charge < -0.3 is 5.32 Å². The molecule has 4 aromatic heterocycles. The number of hydrogen-bond donors (Lipinski definition) is 1. The van der Waals surface area contributed by atoms with E-state index in [-0.39, 0.29) is 5.78 Å². The molecule has 1 aliphatic carbocycles. The van der Waals surface area contributed by atoms with Crippen molar-refractivity contribution in [3.8, 4) is 21.8 Å². The molecular formula is C24H25N5OS. The number of carbonyl (C=O) groups is 1. The zero-order valence-electron chi connectivity index (χ0n) is 17.5. The maximum absolute atomic E-state index is 12.8. The average Bonchev–Trinajstić information content (AvgIpc) is 3.29. The monoisotopic (exact) mass is 431 g/mol. The van der Waals surface area contributed by atoms with Crippen LogP contribution in [-0.4, -0.2) is 38.0 Å². The van der Waals surface area contributed by atoms with Crippen LogP contribution in [0.1, 0.15) is 43.0 Å². The van der Waals surface area contributed by atoms with Gasteiger partial charge in [0.25, 0.3) is 0 Å².